The normalized spacial score (nSPS) is 9.40. The van der Waals surface area contributed by atoms with Gasteiger partial charge in [0.15, 0.2) is 0 Å². The third-order valence-corrected chi connectivity index (χ3v) is 1.92. The lowest BCUT2D eigenvalue weighted by Gasteiger charge is -2.07. The van der Waals surface area contributed by atoms with E-state index in [1.807, 2.05) is 6.07 Å². The average Bonchev–Trinajstić information content (AvgIpc) is 2.26. The first-order valence-corrected chi connectivity index (χ1v) is 4.01. The van der Waals surface area contributed by atoms with Crippen molar-refractivity contribution >= 4 is 5.69 Å². The van der Waals surface area contributed by atoms with Crippen molar-refractivity contribution in [2.75, 3.05) is 7.11 Å². The number of nitro benzene ring substituents is 1. The van der Waals surface area contributed by atoms with Crippen molar-refractivity contribution in [2.24, 2.45) is 0 Å². The van der Waals surface area contributed by atoms with Gasteiger partial charge in [0.2, 0.25) is 5.75 Å². The lowest BCUT2D eigenvalue weighted by molar-refractivity contribution is -0.385. The highest BCUT2D eigenvalue weighted by atomic mass is 16.6. The molecular formula is C9H8N2O4. The fourth-order valence-electron chi connectivity index (χ4n) is 1.25. The molecule has 0 fully saturated rings. The summed E-state index contributed by atoms with van der Waals surface area (Å²) in [5.41, 5.74) is 0.0368. The van der Waals surface area contributed by atoms with Crippen LogP contribution in [0.15, 0.2) is 12.1 Å². The summed E-state index contributed by atoms with van der Waals surface area (Å²) >= 11 is 0. The first-order chi connectivity index (χ1) is 7.15. The Labute approximate surface area is 85.5 Å². The van der Waals surface area contributed by atoms with Crippen molar-refractivity contribution in [3.8, 4) is 11.8 Å². The number of methoxy groups -OCH3 is 1. The van der Waals surface area contributed by atoms with Crippen LogP contribution in [-0.4, -0.2) is 17.1 Å². The number of hydrogen-bond donors (Lipinski definition) is 1. The molecule has 0 atom stereocenters. The second-order valence-corrected chi connectivity index (χ2v) is 2.67. The summed E-state index contributed by atoms with van der Waals surface area (Å²) in [6.07, 6.45) is 0. The standard InChI is InChI=1S/C9H8N2O4/c1-15-9-7(5-12)6(4-10)2-3-8(9)11(13)14/h2-3,12H,5H2,1H3. The number of aliphatic hydroxyl groups excluding tert-OH is 1. The maximum absolute atomic E-state index is 10.6. The molecule has 0 bridgehead atoms. The van der Waals surface area contributed by atoms with Gasteiger partial charge >= 0.3 is 5.69 Å². The van der Waals surface area contributed by atoms with E-state index in [9.17, 15) is 10.1 Å². The molecule has 0 unspecified atom stereocenters. The summed E-state index contributed by atoms with van der Waals surface area (Å²) in [6, 6.07) is 4.29. The monoisotopic (exact) mass is 208 g/mol. The predicted octanol–water partition coefficient (Wildman–Crippen LogP) is 0.967. The molecule has 0 radical (unpaired) electrons. The van der Waals surface area contributed by atoms with Crippen molar-refractivity contribution in [1.29, 1.82) is 5.26 Å². The van der Waals surface area contributed by atoms with Gasteiger partial charge in [-0.25, -0.2) is 0 Å². The van der Waals surface area contributed by atoms with E-state index < -0.39 is 11.5 Å². The zero-order valence-corrected chi connectivity index (χ0v) is 7.93. The molecule has 0 amide bonds. The van der Waals surface area contributed by atoms with Crippen LogP contribution in [0.3, 0.4) is 0 Å². The summed E-state index contributed by atoms with van der Waals surface area (Å²) < 4.78 is 4.82. The van der Waals surface area contributed by atoms with Gasteiger partial charge in [-0.15, -0.1) is 0 Å². The quantitative estimate of drug-likeness (QED) is 0.589. The lowest BCUT2D eigenvalue weighted by Crippen LogP contribution is -2.00. The third-order valence-electron chi connectivity index (χ3n) is 1.92. The van der Waals surface area contributed by atoms with E-state index in [0.29, 0.717) is 0 Å². The summed E-state index contributed by atoms with van der Waals surface area (Å²) in [5.74, 6) is -0.0680. The van der Waals surface area contributed by atoms with Crippen LogP contribution < -0.4 is 4.74 Å². The number of nitro groups is 1. The van der Waals surface area contributed by atoms with Crippen LogP contribution in [0.5, 0.6) is 5.75 Å². The van der Waals surface area contributed by atoms with Gasteiger partial charge in [-0.1, -0.05) is 0 Å². The van der Waals surface area contributed by atoms with Gasteiger partial charge in [0.1, 0.15) is 0 Å². The average molecular weight is 208 g/mol. The number of nitrogens with zero attached hydrogens (tertiary/aromatic N) is 2. The van der Waals surface area contributed by atoms with E-state index in [1.165, 1.54) is 19.2 Å². The molecule has 0 aliphatic rings. The largest absolute Gasteiger partial charge is 0.490 e. The Morgan fingerprint density at radius 2 is 2.33 bits per heavy atom. The van der Waals surface area contributed by atoms with Gasteiger partial charge in [-0.05, 0) is 6.07 Å². The molecule has 1 aromatic carbocycles. The zero-order chi connectivity index (χ0) is 11.4. The first-order valence-electron chi connectivity index (χ1n) is 4.01. The number of benzene rings is 1. The zero-order valence-electron chi connectivity index (χ0n) is 7.93. The topological polar surface area (TPSA) is 96.4 Å². The summed E-state index contributed by atoms with van der Waals surface area (Å²) in [5, 5.41) is 28.3. The number of aliphatic hydroxyl groups is 1. The Bertz CT molecular complexity index is 436. The minimum Gasteiger partial charge on any atom is -0.490 e. The molecule has 78 valence electrons. The molecule has 15 heavy (non-hydrogen) atoms. The van der Waals surface area contributed by atoms with Crippen molar-refractivity contribution in [3.63, 3.8) is 0 Å². The maximum Gasteiger partial charge on any atom is 0.311 e. The van der Waals surface area contributed by atoms with E-state index in [4.69, 9.17) is 15.1 Å². The molecular weight excluding hydrogens is 200 g/mol. The lowest BCUT2D eigenvalue weighted by atomic mass is 10.1. The van der Waals surface area contributed by atoms with Gasteiger partial charge in [0, 0.05) is 11.6 Å². The van der Waals surface area contributed by atoms with Crippen molar-refractivity contribution in [1.82, 2.24) is 0 Å². The maximum atomic E-state index is 10.6. The molecule has 0 saturated carbocycles. The van der Waals surface area contributed by atoms with Gasteiger partial charge in [0.25, 0.3) is 0 Å². The summed E-state index contributed by atoms with van der Waals surface area (Å²) in [6.45, 7) is -0.478. The third kappa shape index (κ3) is 1.87. The van der Waals surface area contributed by atoms with Crippen molar-refractivity contribution in [2.45, 2.75) is 6.61 Å². The van der Waals surface area contributed by atoms with E-state index in [-0.39, 0.29) is 22.6 Å². The SMILES string of the molecule is COc1c([N+](=O)[O-])ccc(C#N)c1CO. The van der Waals surface area contributed by atoms with Crippen LogP contribution in [0, 0.1) is 21.4 Å². The Morgan fingerprint density at radius 1 is 1.67 bits per heavy atom. The van der Waals surface area contributed by atoms with E-state index >= 15 is 0 Å². The Hall–Kier alpha value is -2.13. The van der Waals surface area contributed by atoms with Gasteiger partial charge in [0.05, 0.1) is 30.3 Å². The van der Waals surface area contributed by atoms with Crippen LogP contribution in [0.4, 0.5) is 5.69 Å². The fourth-order valence-corrected chi connectivity index (χ4v) is 1.25. The van der Waals surface area contributed by atoms with Crippen LogP contribution in [0.2, 0.25) is 0 Å². The van der Waals surface area contributed by atoms with E-state index in [0.717, 1.165) is 0 Å². The Kier molecular flexibility index (Phi) is 3.21. The van der Waals surface area contributed by atoms with Gasteiger partial charge in [-0.2, -0.15) is 5.26 Å². The number of rotatable bonds is 3. The van der Waals surface area contributed by atoms with Crippen LogP contribution in [0.1, 0.15) is 11.1 Å². The molecule has 1 rings (SSSR count). The molecule has 0 aliphatic heterocycles. The van der Waals surface area contributed by atoms with Crippen molar-refractivity contribution < 1.29 is 14.8 Å². The highest BCUT2D eigenvalue weighted by molar-refractivity contribution is 5.58. The second-order valence-electron chi connectivity index (χ2n) is 2.67. The van der Waals surface area contributed by atoms with Crippen molar-refractivity contribution in [3.05, 3.63) is 33.4 Å². The first kappa shape index (κ1) is 10.9. The Balaban J connectivity index is 3.49. The van der Waals surface area contributed by atoms with E-state index in [2.05, 4.69) is 0 Å². The summed E-state index contributed by atoms with van der Waals surface area (Å²) in [4.78, 5) is 9.98. The van der Waals surface area contributed by atoms with Gasteiger partial charge in [-0.3, -0.25) is 10.1 Å². The molecule has 0 heterocycles. The second kappa shape index (κ2) is 4.39. The number of hydrogen-bond acceptors (Lipinski definition) is 5. The highest BCUT2D eigenvalue weighted by Gasteiger charge is 2.20. The minimum absolute atomic E-state index is 0.0680. The molecule has 1 N–H and O–H groups in total. The van der Waals surface area contributed by atoms with Crippen LogP contribution >= 0.6 is 0 Å². The number of ether oxygens (including phenoxy) is 1. The van der Waals surface area contributed by atoms with Crippen LogP contribution in [-0.2, 0) is 6.61 Å². The Morgan fingerprint density at radius 3 is 2.73 bits per heavy atom. The molecule has 1 aromatic rings. The predicted molar refractivity (Wildman–Crippen MR) is 50.3 cm³/mol. The molecule has 0 saturated heterocycles. The fraction of sp³-hybridized carbons (Fsp3) is 0.222. The molecule has 0 aromatic heterocycles. The molecule has 6 heteroatoms. The number of nitriles is 1. The van der Waals surface area contributed by atoms with E-state index in [1.54, 1.807) is 0 Å². The minimum atomic E-state index is -0.626. The highest BCUT2D eigenvalue weighted by Crippen LogP contribution is 2.32. The van der Waals surface area contributed by atoms with Gasteiger partial charge < -0.3 is 9.84 Å². The molecule has 6 nitrogen and oxygen atoms in total. The molecule has 0 aliphatic carbocycles. The summed E-state index contributed by atoms with van der Waals surface area (Å²) in [7, 11) is 1.25. The molecule has 0 spiro atoms. The van der Waals surface area contributed by atoms with Crippen LogP contribution in [0.25, 0.3) is 0 Å². The smallest absolute Gasteiger partial charge is 0.311 e.